The molecule has 0 saturated carbocycles. The molecular weight excluding hydrogens is 206 g/mol. The summed E-state index contributed by atoms with van der Waals surface area (Å²) in [6.45, 7) is 6.68. The van der Waals surface area contributed by atoms with Crippen molar-refractivity contribution in [1.29, 1.82) is 0 Å². The van der Waals surface area contributed by atoms with Crippen molar-refractivity contribution in [3.8, 4) is 0 Å². The second-order valence-corrected chi connectivity index (χ2v) is 4.88. The molecule has 0 radical (unpaired) electrons. The van der Waals surface area contributed by atoms with Crippen molar-refractivity contribution in [2.45, 2.75) is 46.1 Å². The summed E-state index contributed by atoms with van der Waals surface area (Å²) in [5, 5.41) is 8.88. The summed E-state index contributed by atoms with van der Waals surface area (Å²) in [5.41, 5.74) is 0. The Bertz CT molecular complexity index is 277. The third-order valence-electron chi connectivity index (χ3n) is 3.48. The van der Waals surface area contributed by atoms with Crippen LogP contribution in [-0.2, 0) is 9.59 Å². The second kappa shape index (κ2) is 5.32. The Labute approximate surface area is 96.6 Å². The molecule has 4 nitrogen and oxygen atoms in total. The van der Waals surface area contributed by atoms with Crippen LogP contribution in [0, 0.1) is 11.8 Å². The van der Waals surface area contributed by atoms with Gasteiger partial charge in [0, 0.05) is 19.0 Å². The maximum absolute atomic E-state index is 11.7. The molecule has 1 rings (SSSR count). The molecule has 4 heteroatoms. The molecule has 92 valence electrons. The normalized spacial score (nSPS) is 24.6. The highest BCUT2D eigenvalue weighted by molar-refractivity contribution is 5.86. The Balaban J connectivity index is 2.54. The van der Waals surface area contributed by atoms with E-state index >= 15 is 0 Å². The molecule has 0 aromatic carbocycles. The summed E-state index contributed by atoms with van der Waals surface area (Å²) in [6, 6.07) is 0.159. The number of carboxylic acids is 1. The first-order valence-electron chi connectivity index (χ1n) is 5.98. The van der Waals surface area contributed by atoms with Crippen molar-refractivity contribution in [1.82, 2.24) is 4.90 Å². The van der Waals surface area contributed by atoms with Crippen LogP contribution in [0.3, 0.4) is 0 Å². The monoisotopic (exact) mass is 227 g/mol. The first kappa shape index (κ1) is 13.0. The van der Waals surface area contributed by atoms with E-state index < -0.39 is 11.9 Å². The van der Waals surface area contributed by atoms with Crippen LogP contribution < -0.4 is 0 Å². The van der Waals surface area contributed by atoms with Gasteiger partial charge in [-0.3, -0.25) is 9.59 Å². The molecule has 1 aliphatic heterocycles. The number of rotatable bonds is 5. The summed E-state index contributed by atoms with van der Waals surface area (Å²) in [4.78, 5) is 24.2. The molecule has 3 unspecified atom stereocenters. The predicted molar refractivity (Wildman–Crippen MR) is 61.0 cm³/mol. The smallest absolute Gasteiger partial charge is 0.308 e. The van der Waals surface area contributed by atoms with Crippen LogP contribution in [0.2, 0.25) is 0 Å². The van der Waals surface area contributed by atoms with E-state index in [4.69, 9.17) is 5.11 Å². The molecule has 1 amide bonds. The van der Waals surface area contributed by atoms with Crippen LogP contribution in [0.1, 0.15) is 40.0 Å². The minimum Gasteiger partial charge on any atom is -0.481 e. The Hall–Kier alpha value is -1.06. The van der Waals surface area contributed by atoms with E-state index in [1.165, 1.54) is 0 Å². The van der Waals surface area contributed by atoms with E-state index in [9.17, 15) is 9.59 Å². The number of nitrogens with zero attached hydrogens (tertiary/aromatic N) is 1. The van der Waals surface area contributed by atoms with Gasteiger partial charge in [0.25, 0.3) is 0 Å². The molecule has 3 atom stereocenters. The second-order valence-electron chi connectivity index (χ2n) is 4.88. The number of carboxylic acid groups (broad SMARTS) is 1. The fourth-order valence-corrected chi connectivity index (χ4v) is 2.20. The Morgan fingerprint density at radius 1 is 1.56 bits per heavy atom. The number of carbonyl (C=O) groups is 2. The van der Waals surface area contributed by atoms with Crippen LogP contribution >= 0.6 is 0 Å². The SMILES string of the molecule is CCC(C)CC(C)N1CC(C(=O)O)CC1=O. The number of carbonyl (C=O) groups excluding carboxylic acids is 1. The molecule has 1 N–H and O–H groups in total. The zero-order valence-electron chi connectivity index (χ0n) is 10.3. The Kier molecular flexibility index (Phi) is 4.33. The zero-order chi connectivity index (χ0) is 12.3. The lowest BCUT2D eigenvalue weighted by Gasteiger charge is -2.26. The predicted octanol–water partition coefficient (Wildman–Crippen LogP) is 1.74. The third-order valence-corrected chi connectivity index (χ3v) is 3.48. The Morgan fingerprint density at radius 3 is 2.62 bits per heavy atom. The van der Waals surface area contributed by atoms with Gasteiger partial charge in [-0.05, 0) is 19.3 Å². The number of amides is 1. The highest BCUT2D eigenvalue weighted by Crippen LogP contribution is 2.23. The Morgan fingerprint density at radius 2 is 2.19 bits per heavy atom. The quantitative estimate of drug-likeness (QED) is 0.778. The molecule has 0 spiro atoms. The highest BCUT2D eigenvalue weighted by Gasteiger charge is 2.36. The summed E-state index contributed by atoms with van der Waals surface area (Å²) in [6.07, 6.45) is 2.21. The van der Waals surface area contributed by atoms with E-state index in [1.54, 1.807) is 4.90 Å². The van der Waals surface area contributed by atoms with E-state index in [0.29, 0.717) is 12.5 Å². The summed E-state index contributed by atoms with van der Waals surface area (Å²) >= 11 is 0. The van der Waals surface area contributed by atoms with E-state index in [-0.39, 0.29) is 18.4 Å². The van der Waals surface area contributed by atoms with Crippen molar-refractivity contribution in [2.75, 3.05) is 6.54 Å². The van der Waals surface area contributed by atoms with Crippen LogP contribution in [0.5, 0.6) is 0 Å². The van der Waals surface area contributed by atoms with Crippen LogP contribution in [0.4, 0.5) is 0 Å². The number of likely N-dealkylation sites (tertiary alicyclic amines) is 1. The summed E-state index contributed by atoms with van der Waals surface area (Å²) in [5.74, 6) is -0.798. The van der Waals surface area contributed by atoms with Gasteiger partial charge in [-0.1, -0.05) is 20.3 Å². The van der Waals surface area contributed by atoms with Crippen molar-refractivity contribution >= 4 is 11.9 Å². The first-order chi connectivity index (χ1) is 7.45. The van der Waals surface area contributed by atoms with Crippen molar-refractivity contribution in [3.05, 3.63) is 0 Å². The molecular formula is C12H21NO3. The zero-order valence-corrected chi connectivity index (χ0v) is 10.3. The molecule has 0 bridgehead atoms. The number of hydrogen-bond acceptors (Lipinski definition) is 2. The van der Waals surface area contributed by atoms with Gasteiger partial charge >= 0.3 is 5.97 Å². The van der Waals surface area contributed by atoms with Gasteiger partial charge in [-0.15, -0.1) is 0 Å². The van der Waals surface area contributed by atoms with Crippen LogP contribution in [-0.4, -0.2) is 34.5 Å². The molecule has 0 aromatic heterocycles. The van der Waals surface area contributed by atoms with Crippen LogP contribution in [0.25, 0.3) is 0 Å². The molecule has 1 saturated heterocycles. The van der Waals surface area contributed by atoms with Gasteiger partial charge < -0.3 is 10.0 Å². The summed E-state index contributed by atoms with van der Waals surface area (Å²) < 4.78 is 0. The molecule has 1 aliphatic rings. The maximum Gasteiger partial charge on any atom is 0.308 e. The number of hydrogen-bond donors (Lipinski definition) is 1. The lowest BCUT2D eigenvalue weighted by atomic mass is 9.99. The van der Waals surface area contributed by atoms with Gasteiger partial charge in [-0.2, -0.15) is 0 Å². The van der Waals surface area contributed by atoms with Crippen molar-refractivity contribution in [3.63, 3.8) is 0 Å². The average Bonchev–Trinajstić information content (AvgIpc) is 2.60. The lowest BCUT2D eigenvalue weighted by Crippen LogP contribution is -2.36. The van der Waals surface area contributed by atoms with Gasteiger partial charge in [-0.25, -0.2) is 0 Å². The lowest BCUT2D eigenvalue weighted by molar-refractivity contribution is -0.141. The van der Waals surface area contributed by atoms with Crippen LogP contribution in [0.15, 0.2) is 0 Å². The molecule has 1 fully saturated rings. The minimum absolute atomic E-state index is 0.0109. The van der Waals surface area contributed by atoms with Crippen molar-refractivity contribution in [2.24, 2.45) is 11.8 Å². The third kappa shape index (κ3) is 2.97. The first-order valence-corrected chi connectivity index (χ1v) is 5.98. The van der Waals surface area contributed by atoms with Gasteiger partial charge in [0.1, 0.15) is 0 Å². The average molecular weight is 227 g/mol. The fraction of sp³-hybridized carbons (Fsp3) is 0.833. The molecule has 0 aromatic rings. The van der Waals surface area contributed by atoms with Gasteiger partial charge in [0.15, 0.2) is 0 Å². The molecule has 16 heavy (non-hydrogen) atoms. The molecule has 0 aliphatic carbocycles. The minimum atomic E-state index is -0.855. The topological polar surface area (TPSA) is 57.6 Å². The maximum atomic E-state index is 11.7. The number of aliphatic carboxylic acids is 1. The standard InChI is InChI=1S/C12H21NO3/c1-4-8(2)5-9(3)13-7-10(12(15)16)6-11(13)14/h8-10H,4-7H2,1-3H3,(H,15,16). The fourth-order valence-electron chi connectivity index (χ4n) is 2.20. The van der Waals surface area contributed by atoms with Crippen molar-refractivity contribution < 1.29 is 14.7 Å². The largest absolute Gasteiger partial charge is 0.481 e. The van der Waals surface area contributed by atoms with Gasteiger partial charge in [0.05, 0.1) is 5.92 Å². The van der Waals surface area contributed by atoms with E-state index in [2.05, 4.69) is 13.8 Å². The van der Waals surface area contributed by atoms with E-state index in [1.807, 2.05) is 6.92 Å². The molecule has 1 heterocycles. The highest BCUT2D eigenvalue weighted by atomic mass is 16.4. The summed E-state index contributed by atoms with van der Waals surface area (Å²) in [7, 11) is 0. The van der Waals surface area contributed by atoms with E-state index in [0.717, 1.165) is 12.8 Å². The van der Waals surface area contributed by atoms with Gasteiger partial charge in [0.2, 0.25) is 5.91 Å².